The predicted octanol–water partition coefficient (Wildman–Crippen LogP) is 2.70. The van der Waals surface area contributed by atoms with Crippen LogP contribution >= 0.6 is 11.8 Å². The highest BCUT2D eigenvalue weighted by Gasteiger charge is 2.17. The van der Waals surface area contributed by atoms with Gasteiger partial charge >= 0.3 is 0 Å². The van der Waals surface area contributed by atoms with E-state index >= 15 is 0 Å². The van der Waals surface area contributed by atoms with Crippen LogP contribution in [-0.4, -0.2) is 37.9 Å². The summed E-state index contributed by atoms with van der Waals surface area (Å²) in [5, 5.41) is 13.3. The molecule has 1 amide bonds. The number of hydrogen-bond acceptors (Lipinski definition) is 8. The average Bonchev–Trinajstić information content (AvgIpc) is 3.31. The van der Waals surface area contributed by atoms with Gasteiger partial charge < -0.3 is 19.6 Å². The van der Waals surface area contributed by atoms with Crippen molar-refractivity contribution in [2.75, 3.05) is 7.11 Å². The third-order valence-corrected chi connectivity index (χ3v) is 5.03. The van der Waals surface area contributed by atoms with Crippen molar-refractivity contribution in [3.63, 3.8) is 0 Å². The lowest BCUT2D eigenvalue weighted by atomic mass is 10.2. The normalized spacial score (nSPS) is 11.2. The SMILES string of the molecule is COc1ccccc1-c1noc(CSc2nnc(CCC(N)=O)n2CC(C)C)n1. The molecule has 0 aliphatic heterocycles. The van der Waals surface area contributed by atoms with Gasteiger partial charge in [-0.1, -0.05) is 42.9 Å². The Morgan fingerprint density at radius 2 is 2.10 bits per heavy atom. The molecule has 0 aliphatic rings. The molecule has 0 fully saturated rings. The number of primary amides is 1. The van der Waals surface area contributed by atoms with E-state index in [2.05, 4.69) is 34.2 Å². The Labute approximate surface area is 173 Å². The Kier molecular flexibility index (Phi) is 6.86. The van der Waals surface area contributed by atoms with Gasteiger partial charge in [-0.15, -0.1) is 10.2 Å². The average molecular weight is 417 g/mol. The number of aromatic nitrogens is 5. The summed E-state index contributed by atoms with van der Waals surface area (Å²) >= 11 is 1.46. The third-order valence-electron chi connectivity index (χ3n) is 4.08. The molecular formula is C19H24N6O3S. The number of rotatable bonds is 10. The summed E-state index contributed by atoms with van der Waals surface area (Å²) in [7, 11) is 1.60. The van der Waals surface area contributed by atoms with Crippen molar-refractivity contribution in [1.29, 1.82) is 0 Å². The van der Waals surface area contributed by atoms with Crippen molar-refractivity contribution in [1.82, 2.24) is 24.9 Å². The molecule has 29 heavy (non-hydrogen) atoms. The maximum absolute atomic E-state index is 11.1. The molecule has 0 spiro atoms. The van der Waals surface area contributed by atoms with Crippen molar-refractivity contribution in [2.45, 2.75) is 44.1 Å². The zero-order valence-corrected chi connectivity index (χ0v) is 17.5. The first kappa shape index (κ1) is 20.8. The van der Waals surface area contributed by atoms with Crippen molar-refractivity contribution < 1.29 is 14.1 Å². The summed E-state index contributed by atoms with van der Waals surface area (Å²) in [6, 6.07) is 7.51. The van der Waals surface area contributed by atoms with Gasteiger partial charge in [0, 0.05) is 19.4 Å². The van der Waals surface area contributed by atoms with Crippen LogP contribution in [0.5, 0.6) is 5.75 Å². The fraction of sp³-hybridized carbons (Fsp3) is 0.421. The van der Waals surface area contributed by atoms with E-state index in [1.165, 1.54) is 11.8 Å². The zero-order valence-electron chi connectivity index (χ0n) is 16.7. The smallest absolute Gasteiger partial charge is 0.237 e. The molecule has 0 saturated heterocycles. The number of hydrogen-bond donors (Lipinski definition) is 1. The van der Waals surface area contributed by atoms with Gasteiger partial charge in [-0.2, -0.15) is 4.98 Å². The van der Waals surface area contributed by atoms with Crippen molar-refractivity contribution in [3.8, 4) is 17.1 Å². The van der Waals surface area contributed by atoms with E-state index in [1.54, 1.807) is 7.11 Å². The number of ether oxygens (including phenoxy) is 1. The van der Waals surface area contributed by atoms with Crippen LogP contribution < -0.4 is 10.5 Å². The van der Waals surface area contributed by atoms with Crippen LogP contribution in [0.15, 0.2) is 33.9 Å². The van der Waals surface area contributed by atoms with E-state index in [-0.39, 0.29) is 12.3 Å². The Morgan fingerprint density at radius 1 is 1.31 bits per heavy atom. The fourth-order valence-corrected chi connectivity index (χ4v) is 3.58. The zero-order chi connectivity index (χ0) is 20.8. The van der Waals surface area contributed by atoms with Crippen LogP contribution in [0, 0.1) is 5.92 Å². The van der Waals surface area contributed by atoms with Crippen LogP contribution in [0.1, 0.15) is 32.0 Å². The van der Waals surface area contributed by atoms with E-state index in [0.29, 0.717) is 35.6 Å². The highest BCUT2D eigenvalue weighted by atomic mass is 32.2. The molecule has 9 nitrogen and oxygen atoms in total. The first-order chi connectivity index (χ1) is 14.0. The number of nitrogens with two attached hydrogens (primary N) is 1. The number of methoxy groups -OCH3 is 1. The molecule has 0 atom stereocenters. The molecule has 2 aromatic heterocycles. The number of benzene rings is 1. The number of nitrogens with zero attached hydrogens (tertiary/aromatic N) is 5. The number of carbonyl (C=O) groups is 1. The minimum atomic E-state index is -0.354. The van der Waals surface area contributed by atoms with Gasteiger partial charge in [-0.25, -0.2) is 0 Å². The maximum atomic E-state index is 11.1. The second-order valence-corrected chi connectivity index (χ2v) is 7.81. The van der Waals surface area contributed by atoms with Crippen molar-refractivity contribution in [2.24, 2.45) is 11.7 Å². The summed E-state index contributed by atoms with van der Waals surface area (Å²) in [6.07, 6.45) is 0.709. The topological polar surface area (TPSA) is 122 Å². The van der Waals surface area contributed by atoms with E-state index in [4.69, 9.17) is 15.0 Å². The van der Waals surface area contributed by atoms with Crippen molar-refractivity contribution >= 4 is 17.7 Å². The van der Waals surface area contributed by atoms with Gasteiger partial charge in [0.1, 0.15) is 11.6 Å². The molecule has 2 N–H and O–H groups in total. The van der Waals surface area contributed by atoms with E-state index in [1.807, 2.05) is 28.8 Å². The standard InChI is InChI=1S/C19H24N6O3S/c1-12(2)10-25-16(9-8-15(20)26)22-23-19(25)29-11-17-21-18(24-28-17)13-6-4-5-7-14(13)27-3/h4-7,12H,8-11H2,1-3H3,(H2,20,26). The second-order valence-electron chi connectivity index (χ2n) is 6.87. The molecule has 0 unspecified atom stereocenters. The number of para-hydroxylation sites is 1. The number of aryl methyl sites for hydroxylation is 1. The van der Waals surface area contributed by atoms with Gasteiger partial charge in [0.2, 0.25) is 17.6 Å². The highest BCUT2D eigenvalue weighted by molar-refractivity contribution is 7.98. The maximum Gasteiger partial charge on any atom is 0.237 e. The lowest BCUT2D eigenvalue weighted by Crippen LogP contribution is -2.15. The largest absolute Gasteiger partial charge is 0.496 e. The Bertz CT molecular complexity index is 969. The van der Waals surface area contributed by atoms with Crippen LogP contribution in [-0.2, 0) is 23.5 Å². The molecule has 1 aromatic carbocycles. The number of amides is 1. The van der Waals surface area contributed by atoms with Gasteiger partial charge in [-0.3, -0.25) is 4.79 Å². The lowest BCUT2D eigenvalue weighted by Gasteiger charge is -2.11. The van der Waals surface area contributed by atoms with Crippen molar-refractivity contribution in [3.05, 3.63) is 36.0 Å². The lowest BCUT2D eigenvalue weighted by molar-refractivity contribution is -0.118. The minimum Gasteiger partial charge on any atom is -0.496 e. The Hall–Kier alpha value is -2.88. The van der Waals surface area contributed by atoms with Gasteiger partial charge in [0.25, 0.3) is 0 Å². The molecule has 10 heteroatoms. The fourth-order valence-electron chi connectivity index (χ4n) is 2.77. The van der Waals surface area contributed by atoms with Gasteiger partial charge in [0.15, 0.2) is 5.16 Å². The molecular weight excluding hydrogens is 392 g/mol. The van der Waals surface area contributed by atoms with Gasteiger partial charge in [-0.05, 0) is 18.1 Å². The van der Waals surface area contributed by atoms with E-state index in [0.717, 1.165) is 23.1 Å². The third kappa shape index (κ3) is 5.35. The summed E-state index contributed by atoms with van der Waals surface area (Å²) in [5.41, 5.74) is 6.04. The molecule has 3 aromatic rings. The van der Waals surface area contributed by atoms with Gasteiger partial charge in [0.05, 0.1) is 18.4 Å². The summed E-state index contributed by atoms with van der Waals surface area (Å²) in [6.45, 7) is 4.98. The molecule has 0 aliphatic carbocycles. The van der Waals surface area contributed by atoms with Crippen LogP contribution in [0.25, 0.3) is 11.4 Å². The summed E-state index contributed by atoms with van der Waals surface area (Å²) in [4.78, 5) is 15.6. The monoisotopic (exact) mass is 416 g/mol. The predicted molar refractivity (Wildman–Crippen MR) is 108 cm³/mol. The quantitative estimate of drug-likeness (QED) is 0.501. The second kappa shape index (κ2) is 9.55. The van der Waals surface area contributed by atoms with E-state index < -0.39 is 0 Å². The Balaban J connectivity index is 1.73. The molecule has 154 valence electrons. The minimum absolute atomic E-state index is 0.243. The molecule has 0 radical (unpaired) electrons. The molecule has 0 saturated carbocycles. The number of thioether (sulfide) groups is 1. The Morgan fingerprint density at radius 3 is 2.83 bits per heavy atom. The molecule has 2 heterocycles. The van der Waals surface area contributed by atoms with Crippen LogP contribution in [0.2, 0.25) is 0 Å². The summed E-state index contributed by atoms with van der Waals surface area (Å²) < 4.78 is 12.8. The molecule has 3 rings (SSSR count). The van der Waals surface area contributed by atoms with E-state index in [9.17, 15) is 4.79 Å². The first-order valence-electron chi connectivity index (χ1n) is 9.27. The highest BCUT2D eigenvalue weighted by Crippen LogP contribution is 2.28. The summed E-state index contributed by atoms with van der Waals surface area (Å²) in [5.74, 6) is 2.89. The first-order valence-corrected chi connectivity index (χ1v) is 10.3. The molecule has 0 bridgehead atoms. The van der Waals surface area contributed by atoms with Crippen LogP contribution in [0.3, 0.4) is 0 Å². The van der Waals surface area contributed by atoms with Crippen LogP contribution in [0.4, 0.5) is 0 Å². The number of carbonyl (C=O) groups excluding carboxylic acids is 1.